The van der Waals surface area contributed by atoms with E-state index in [1.807, 2.05) is 6.92 Å². The molecule has 0 fully saturated rings. The maximum absolute atomic E-state index is 13.2. The summed E-state index contributed by atoms with van der Waals surface area (Å²) in [6.45, 7) is 3.62. The van der Waals surface area contributed by atoms with Gasteiger partial charge in [-0.05, 0) is 25.5 Å². The summed E-state index contributed by atoms with van der Waals surface area (Å²) < 4.78 is 18.4. The second-order valence-corrected chi connectivity index (χ2v) is 4.65. The Bertz CT molecular complexity index is 419. The van der Waals surface area contributed by atoms with Gasteiger partial charge in [0.1, 0.15) is 0 Å². The summed E-state index contributed by atoms with van der Waals surface area (Å²) in [4.78, 5) is 11.7. The fraction of sp³-hybridized carbons (Fsp3) is 0.500. The summed E-state index contributed by atoms with van der Waals surface area (Å²) in [7, 11) is 0. The molecule has 4 nitrogen and oxygen atoms in total. The van der Waals surface area contributed by atoms with Gasteiger partial charge in [0.25, 0.3) is 0 Å². The first-order valence-corrected chi connectivity index (χ1v) is 6.30. The minimum Gasteiger partial charge on any atom is -0.490 e. The normalized spacial score (nSPS) is 13.7. The monoisotopic (exact) mass is 269 g/mol. The van der Waals surface area contributed by atoms with Crippen LogP contribution < -0.4 is 10.1 Å². The number of amides is 1. The van der Waals surface area contributed by atoms with Gasteiger partial charge < -0.3 is 15.2 Å². The van der Waals surface area contributed by atoms with Crippen LogP contribution in [-0.2, 0) is 4.79 Å². The number of halogens is 1. The van der Waals surface area contributed by atoms with E-state index in [9.17, 15) is 14.3 Å². The molecule has 1 unspecified atom stereocenters. The van der Waals surface area contributed by atoms with Gasteiger partial charge in [-0.1, -0.05) is 19.1 Å². The van der Waals surface area contributed by atoms with E-state index in [-0.39, 0.29) is 31.3 Å². The van der Waals surface area contributed by atoms with E-state index in [1.165, 1.54) is 12.1 Å². The first-order valence-electron chi connectivity index (χ1n) is 6.30. The molecule has 1 amide bonds. The van der Waals surface area contributed by atoms with E-state index in [1.54, 1.807) is 19.1 Å². The van der Waals surface area contributed by atoms with Crippen LogP contribution in [0.1, 0.15) is 26.7 Å². The standard InChI is InChI=1S/C14H20FNO3/c1-3-14(2,10-17)16-13(18)8-9-19-12-7-5-4-6-11(12)15/h4-7,17H,3,8-10H2,1-2H3,(H,16,18). The smallest absolute Gasteiger partial charge is 0.223 e. The number of benzene rings is 1. The molecule has 0 aliphatic carbocycles. The Morgan fingerprint density at radius 3 is 2.74 bits per heavy atom. The number of hydrogen-bond acceptors (Lipinski definition) is 3. The van der Waals surface area contributed by atoms with Crippen molar-refractivity contribution in [2.24, 2.45) is 0 Å². The van der Waals surface area contributed by atoms with Crippen LogP contribution >= 0.6 is 0 Å². The molecule has 2 N–H and O–H groups in total. The maximum atomic E-state index is 13.2. The maximum Gasteiger partial charge on any atom is 0.223 e. The lowest BCUT2D eigenvalue weighted by Crippen LogP contribution is -2.48. The van der Waals surface area contributed by atoms with E-state index in [0.29, 0.717) is 6.42 Å². The van der Waals surface area contributed by atoms with Crippen LogP contribution in [0.25, 0.3) is 0 Å². The number of nitrogens with one attached hydrogen (secondary N) is 1. The topological polar surface area (TPSA) is 58.6 Å². The highest BCUT2D eigenvalue weighted by molar-refractivity contribution is 5.76. The summed E-state index contributed by atoms with van der Waals surface area (Å²) in [6, 6.07) is 6.05. The number of aliphatic hydroxyl groups excluding tert-OH is 1. The molecule has 0 aliphatic heterocycles. The van der Waals surface area contributed by atoms with Crippen molar-refractivity contribution in [2.75, 3.05) is 13.2 Å². The summed E-state index contributed by atoms with van der Waals surface area (Å²) in [6.07, 6.45) is 0.743. The number of rotatable bonds is 7. The van der Waals surface area contributed by atoms with Crippen molar-refractivity contribution >= 4 is 5.91 Å². The van der Waals surface area contributed by atoms with Crippen molar-refractivity contribution in [2.45, 2.75) is 32.2 Å². The molecule has 5 heteroatoms. The zero-order chi connectivity index (χ0) is 14.3. The average molecular weight is 269 g/mol. The molecule has 19 heavy (non-hydrogen) atoms. The first-order chi connectivity index (χ1) is 9.00. The molecule has 1 aromatic rings. The van der Waals surface area contributed by atoms with Gasteiger partial charge in [0.2, 0.25) is 5.91 Å². The van der Waals surface area contributed by atoms with Crippen molar-refractivity contribution in [1.29, 1.82) is 0 Å². The predicted molar refractivity (Wildman–Crippen MR) is 70.4 cm³/mol. The highest BCUT2D eigenvalue weighted by Gasteiger charge is 2.22. The lowest BCUT2D eigenvalue weighted by Gasteiger charge is -2.27. The number of carbonyl (C=O) groups excluding carboxylic acids is 1. The van der Waals surface area contributed by atoms with Crippen LogP contribution in [0.2, 0.25) is 0 Å². The van der Waals surface area contributed by atoms with E-state index >= 15 is 0 Å². The fourth-order valence-electron chi connectivity index (χ4n) is 1.45. The van der Waals surface area contributed by atoms with Crippen molar-refractivity contribution in [1.82, 2.24) is 5.32 Å². The van der Waals surface area contributed by atoms with Crippen LogP contribution in [0, 0.1) is 5.82 Å². The molecule has 0 saturated carbocycles. The van der Waals surface area contributed by atoms with Crippen LogP contribution in [0.4, 0.5) is 4.39 Å². The van der Waals surface area contributed by atoms with Gasteiger partial charge in [0.15, 0.2) is 11.6 Å². The molecular weight excluding hydrogens is 249 g/mol. The molecule has 0 aliphatic rings. The molecule has 1 atom stereocenters. The van der Waals surface area contributed by atoms with Crippen molar-refractivity contribution in [3.8, 4) is 5.75 Å². The number of aliphatic hydroxyl groups is 1. The van der Waals surface area contributed by atoms with Gasteiger partial charge in [0.05, 0.1) is 25.2 Å². The van der Waals surface area contributed by atoms with Crippen LogP contribution in [0.3, 0.4) is 0 Å². The quantitative estimate of drug-likeness (QED) is 0.794. The van der Waals surface area contributed by atoms with E-state index in [2.05, 4.69) is 5.32 Å². The SMILES string of the molecule is CCC(C)(CO)NC(=O)CCOc1ccccc1F. The second-order valence-electron chi connectivity index (χ2n) is 4.65. The zero-order valence-electron chi connectivity index (χ0n) is 11.3. The number of para-hydroxylation sites is 1. The third-order valence-corrected chi connectivity index (χ3v) is 2.99. The highest BCUT2D eigenvalue weighted by Crippen LogP contribution is 2.15. The second kappa shape index (κ2) is 7.09. The third-order valence-electron chi connectivity index (χ3n) is 2.99. The minimum absolute atomic E-state index is 0.0952. The van der Waals surface area contributed by atoms with Gasteiger partial charge in [0, 0.05) is 0 Å². The van der Waals surface area contributed by atoms with Gasteiger partial charge in [-0.2, -0.15) is 0 Å². The number of carbonyl (C=O) groups is 1. The largest absolute Gasteiger partial charge is 0.490 e. The molecule has 0 spiro atoms. The van der Waals surface area contributed by atoms with Crippen molar-refractivity contribution in [3.05, 3.63) is 30.1 Å². The molecule has 0 heterocycles. The Morgan fingerprint density at radius 2 is 2.16 bits per heavy atom. The lowest BCUT2D eigenvalue weighted by molar-refractivity contribution is -0.124. The van der Waals surface area contributed by atoms with E-state index in [4.69, 9.17) is 4.74 Å². The van der Waals surface area contributed by atoms with E-state index < -0.39 is 11.4 Å². The van der Waals surface area contributed by atoms with Crippen LogP contribution in [0.15, 0.2) is 24.3 Å². The summed E-state index contributed by atoms with van der Waals surface area (Å²) in [5.74, 6) is -0.540. The Morgan fingerprint density at radius 1 is 1.47 bits per heavy atom. The molecule has 0 bridgehead atoms. The molecule has 106 valence electrons. The molecule has 0 saturated heterocycles. The Balaban J connectivity index is 2.37. The molecule has 1 aromatic carbocycles. The number of hydrogen-bond donors (Lipinski definition) is 2. The van der Waals surface area contributed by atoms with Gasteiger partial charge in [-0.25, -0.2) is 4.39 Å². The minimum atomic E-state index is -0.616. The van der Waals surface area contributed by atoms with Gasteiger partial charge >= 0.3 is 0 Å². The van der Waals surface area contributed by atoms with Crippen molar-refractivity contribution < 1.29 is 19.0 Å². The first kappa shape index (κ1) is 15.4. The van der Waals surface area contributed by atoms with Crippen LogP contribution in [-0.4, -0.2) is 29.8 Å². The molecule has 0 aromatic heterocycles. The molecule has 1 rings (SSSR count). The fourth-order valence-corrected chi connectivity index (χ4v) is 1.45. The lowest BCUT2D eigenvalue weighted by atomic mass is 10.0. The van der Waals surface area contributed by atoms with Crippen molar-refractivity contribution in [3.63, 3.8) is 0 Å². The number of ether oxygens (including phenoxy) is 1. The Hall–Kier alpha value is -1.62. The Labute approximate surface area is 112 Å². The zero-order valence-corrected chi connectivity index (χ0v) is 11.3. The molecular formula is C14H20FNO3. The highest BCUT2D eigenvalue weighted by atomic mass is 19.1. The third kappa shape index (κ3) is 4.87. The summed E-state index contributed by atoms with van der Waals surface area (Å²) in [5.41, 5.74) is -0.616. The van der Waals surface area contributed by atoms with Gasteiger partial charge in [-0.3, -0.25) is 4.79 Å². The average Bonchev–Trinajstić information content (AvgIpc) is 2.41. The van der Waals surface area contributed by atoms with Gasteiger partial charge in [-0.15, -0.1) is 0 Å². The summed E-state index contributed by atoms with van der Waals surface area (Å²) >= 11 is 0. The molecule has 0 radical (unpaired) electrons. The van der Waals surface area contributed by atoms with E-state index in [0.717, 1.165) is 0 Å². The van der Waals surface area contributed by atoms with Crippen LogP contribution in [0.5, 0.6) is 5.75 Å². The Kier molecular flexibility index (Phi) is 5.76. The summed E-state index contributed by atoms with van der Waals surface area (Å²) in [5, 5.41) is 11.9. The predicted octanol–water partition coefficient (Wildman–Crippen LogP) is 1.87.